The highest BCUT2D eigenvalue weighted by Crippen LogP contribution is 2.37. The molecule has 3 aliphatic rings. The van der Waals surface area contributed by atoms with Crippen molar-refractivity contribution in [1.82, 2.24) is 20.4 Å². The minimum Gasteiger partial charge on any atom is -0.390 e. The lowest BCUT2D eigenvalue weighted by atomic mass is 9.77. The number of aromatic nitrogens is 2. The van der Waals surface area contributed by atoms with Crippen LogP contribution in [-0.4, -0.2) is 61.3 Å². The van der Waals surface area contributed by atoms with Gasteiger partial charge in [-0.25, -0.2) is 4.68 Å². The Morgan fingerprint density at radius 3 is 2.59 bits per heavy atom. The predicted octanol–water partition coefficient (Wildman–Crippen LogP) is 0.324. The summed E-state index contributed by atoms with van der Waals surface area (Å²) in [5.74, 6) is -0.559. The molecule has 0 bridgehead atoms. The van der Waals surface area contributed by atoms with Crippen LogP contribution in [0.4, 0.5) is 5.69 Å². The van der Waals surface area contributed by atoms with Gasteiger partial charge in [-0.1, -0.05) is 0 Å². The normalized spacial score (nSPS) is 31.3. The summed E-state index contributed by atoms with van der Waals surface area (Å²) in [4.78, 5) is 14.8. The van der Waals surface area contributed by atoms with Gasteiger partial charge in [0.15, 0.2) is 5.11 Å². The zero-order chi connectivity index (χ0) is 20.1. The fourth-order valence-electron chi connectivity index (χ4n) is 4.36. The quantitative estimate of drug-likeness (QED) is 0.536. The summed E-state index contributed by atoms with van der Waals surface area (Å²) in [7, 11) is 0. The van der Waals surface area contributed by atoms with Crippen molar-refractivity contribution in [1.29, 1.82) is 0 Å². The number of aliphatic hydroxyl groups excluding tert-OH is 2. The van der Waals surface area contributed by atoms with Crippen molar-refractivity contribution < 1.29 is 15.0 Å². The highest BCUT2D eigenvalue weighted by Gasteiger charge is 2.54. The molecule has 1 amide bonds. The van der Waals surface area contributed by atoms with Gasteiger partial charge < -0.3 is 25.7 Å². The van der Waals surface area contributed by atoms with E-state index in [4.69, 9.17) is 12.2 Å². The predicted molar refractivity (Wildman–Crippen MR) is 111 cm³/mol. The van der Waals surface area contributed by atoms with Crippen LogP contribution in [0, 0.1) is 5.92 Å². The molecular formula is C20H23N5O3S. The Labute approximate surface area is 173 Å². The van der Waals surface area contributed by atoms with E-state index in [9.17, 15) is 15.0 Å². The second-order valence-electron chi connectivity index (χ2n) is 7.99. The molecule has 9 heteroatoms. The number of rotatable bonds is 4. The lowest BCUT2D eigenvalue weighted by Crippen LogP contribution is -2.61. The first-order valence-electron chi connectivity index (χ1n) is 9.89. The van der Waals surface area contributed by atoms with E-state index in [0.717, 1.165) is 24.2 Å². The Morgan fingerprint density at radius 1 is 1.21 bits per heavy atom. The van der Waals surface area contributed by atoms with Crippen LogP contribution >= 0.6 is 12.2 Å². The van der Waals surface area contributed by atoms with Crippen LogP contribution in [0.1, 0.15) is 19.3 Å². The number of carbonyl (C=O) groups is 1. The first kappa shape index (κ1) is 18.5. The lowest BCUT2D eigenvalue weighted by molar-refractivity contribution is -0.131. The number of thiocarbonyl (C=S) groups is 1. The lowest BCUT2D eigenvalue weighted by Gasteiger charge is -2.41. The first-order valence-corrected chi connectivity index (χ1v) is 10.3. The monoisotopic (exact) mass is 413 g/mol. The van der Waals surface area contributed by atoms with Crippen LogP contribution in [0.3, 0.4) is 0 Å². The van der Waals surface area contributed by atoms with E-state index >= 15 is 0 Å². The molecule has 2 aliphatic carbocycles. The highest BCUT2D eigenvalue weighted by atomic mass is 32.1. The van der Waals surface area contributed by atoms with Gasteiger partial charge in [0.2, 0.25) is 5.91 Å². The standard InChI is InChI=1S/C20H23N5O3S/c26-15-10-14(19(28)22-11-2-3-11)17-16(18(15)27)23-20(29)25(17)13-6-4-12(5-7-13)24-9-1-8-21-24/h1,4-9,11,14-18,26-27H,2-3,10H2,(H,22,28)(H,23,29)/t14-,15-,16-,17-,18+/m1/s1. The average molecular weight is 414 g/mol. The van der Waals surface area contributed by atoms with Crippen molar-refractivity contribution in [2.75, 3.05) is 4.90 Å². The first-order chi connectivity index (χ1) is 14.0. The molecule has 1 saturated heterocycles. The van der Waals surface area contributed by atoms with Gasteiger partial charge in [-0.05, 0) is 61.8 Å². The number of anilines is 1. The maximum atomic E-state index is 12.9. The number of nitrogens with one attached hydrogen (secondary N) is 2. The summed E-state index contributed by atoms with van der Waals surface area (Å²) >= 11 is 5.55. The number of benzene rings is 1. The number of aliphatic hydroxyl groups is 2. The largest absolute Gasteiger partial charge is 0.390 e. The minimum atomic E-state index is -0.990. The molecule has 3 fully saturated rings. The van der Waals surface area contributed by atoms with Gasteiger partial charge in [0.05, 0.1) is 29.8 Å². The van der Waals surface area contributed by atoms with E-state index in [-0.39, 0.29) is 24.4 Å². The van der Waals surface area contributed by atoms with Crippen LogP contribution in [0.5, 0.6) is 0 Å². The van der Waals surface area contributed by atoms with Crippen LogP contribution in [0.2, 0.25) is 0 Å². The minimum absolute atomic E-state index is 0.0851. The fraction of sp³-hybridized carbons (Fsp3) is 0.450. The Kier molecular flexibility index (Phi) is 4.53. The van der Waals surface area contributed by atoms with Crippen molar-refractivity contribution in [2.45, 2.75) is 49.6 Å². The number of amides is 1. The van der Waals surface area contributed by atoms with Crippen LogP contribution in [-0.2, 0) is 4.79 Å². The molecule has 29 heavy (non-hydrogen) atoms. The smallest absolute Gasteiger partial charge is 0.225 e. The zero-order valence-corrected chi connectivity index (χ0v) is 16.5. The van der Waals surface area contributed by atoms with E-state index in [1.807, 2.05) is 41.4 Å². The molecule has 2 heterocycles. The summed E-state index contributed by atoms with van der Waals surface area (Å²) in [5.41, 5.74) is 1.74. The molecule has 0 spiro atoms. The van der Waals surface area contributed by atoms with Gasteiger partial charge in [-0.3, -0.25) is 4.79 Å². The van der Waals surface area contributed by atoms with Crippen molar-refractivity contribution in [3.63, 3.8) is 0 Å². The molecule has 1 aromatic heterocycles. The van der Waals surface area contributed by atoms with E-state index in [1.54, 1.807) is 10.9 Å². The number of hydrogen-bond donors (Lipinski definition) is 4. The van der Waals surface area contributed by atoms with Gasteiger partial charge in [-0.15, -0.1) is 0 Å². The molecular weight excluding hydrogens is 390 g/mol. The van der Waals surface area contributed by atoms with E-state index < -0.39 is 24.2 Å². The third-order valence-corrected chi connectivity index (χ3v) is 6.32. The molecule has 152 valence electrons. The second kappa shape index (κ2) is 7.08. The molecule has 4 N–H and O–H groups in total. The van der Waals surface area contributed by atoms with E-state index in [1.165, 1.54) is 0 Å². The molecule has 5 rings (SSSR count). The van der Waals surface area contributed by atoms with Gasteiger partial charge in [-0.2, -0.15) is 5.10 Å². The molecule has 1 aromatic carbocycles. The zero-order valence-electron chi connectivity index (χ0n) is 15.7. The number of hydrogen-bond acceptors (Lipinski definition) is 5. The van der Waals surface area contributed by atoms with Crippen LogP contribution in [0.25, 0.3) is 5.69 Å². The molecule has 1 aliphatic heterocycles. The van der Waals surface area contributed by atoms with Gasteiger partial charge in [0, 0.05) is 24.1 Å². The topological polar surface area (TPSA) is 103 Å². The Hall–Kier alpha value is -2.49. The van der Waals surface area contributed by atoms with E-state index in [2.05, 4.69) is 15.7 Å². The third kappa shape index (κ3) is 3.29. The maximum Gasteiger partial charge on any atom is 0.225 e. The SMILES string of the molecule is O=C(NC1CC1)[C@@H]1C[C@@H](O)[C@H](O)[C@@H]2NC(=S)N(c3ccc(-n4cccn4)cc3)[C@@H]21. The Bertz CT molecular complexity index is 915. The molecule has 2 aromatic rings. The third-order valence-electron chi connectivity index (χ3n) is 6.00. The van der Waals surface area contributed by atoms with Gasteiger partial charge in [0.25, 0.3) is 0 Å². The van der Waals surface area contributed by atoms with Gasteiger partial charge in [0.1, 0.15) is 6.10 Å². The molecule has 0 radical (unpaired) electrons. The summed E-state index contributed by atoms with van der Waals surface area (Å²) in [5, 5.41) is 31.7. The highest BCUT2D eigenvalue weighted by molar-refractivity contribution is 7.80. The van der Waals surface area contributed by atoms with Gasteiger partial charge >= 0.3 is 0 Å². The molecule has 5 atom stereocenters. The maximum absolute atomic E-state index is 12.9. The average Bonchev–Trinajstić information content (AvgIpc) is 3.23. The summed E-state index contributed by atoms with van der Waals surface area (Å²) in [6.07, 6.45) is 3.81. The number of nitrogens with zero attached hydrogens (tertiary/aromatic N) is 3. The molecule has 2 saturated carbocycles. The number of carbonyl (C=O) groups excluding carboxylic acids is 1. The summed E-state index contributed by atoms with van der Waals surface area (Å²) < 4.78 is 1.76. The van der Waals surface area contributed by atoms with Crippen molar-refractivity contribution in [3.8, 4) is 5.69 Å². The summed E-state index contributed by atoms with van der Waals surface area (Å²) in [6.45, 7) is 0. The summed E-state index contributed by atoms with van der Waals surface area (Å²) in [6, 6.07) is 8.95. The van der Waals surface area contributed by atoms with E-state index in [0.29, 0.717) is 5.11 Å². The van der Waals surface area contributed by atoms with Crippen molar-refractivity contribution >= 4 is 28.9 Å². The van der Waals surface area contributed by atoms with Crippen molar-refractivity contribution in [2.24, 2.45) is 5.92 Å². The number of fused-ring (bicyclic) bond motifs is 1. The fourth-order valence-corrected chi connectivity index (χ4v) is 4.73. The molecule has 8 nitrogen and oxygen atoms in total. The Morgan fingerprint density at radius 2 is 1.93 bits per heavy atom. The van der Waals surface area contributed by atoms with Crippen LogP contribution < -0.4 is 15.5 Å². The second-order valence-corrected chi connectivity index (χ2v) is 8.37. The van der Waals surface area contributed by atoms with Crippen LogP contribution in [0.15, 0.2) is 42.7 Å². The Balaban J connectivity index is 1.46. The van der Waals surface area contributed by atoms with Crippen molar-refractivity contribution in [3.05, 3.63) is 42.7 Å². The molecule has 0 unspecified atom stereocenters.